The van der Waals surface area contributed by atoms with Gasteiger partial charge in [0.1, 0.15) is 5.01 Å². The SMILES string of the molecule is COC1CCC(NC(=O)Cc2nc(CCl)cs2)C1. The number of nitrogens with zero attached hydrogens (tertiary/aromatic N) is 1. The summed E-state index contributed by atoms with van der Waals surface area (Å²) in [5.74, 6) is 0.434. The van der Waals surface area contributed by atoms with E-state index < -0.39 is 0 Å². The molecule has 100 valence electrons. The van der Waals surface area contributed by atoms with Crippen molar-refractivity contribution in [2.75, 3.05) is 7.11 Å². The van der Waals surface area contributed by atoms with Gasteiger partial charge in [0.15, 0.2) is 0 Å². The Morgan fingerprint density at radius 2 is 2.50 bits per heavy atom. The van der Waals surface area contributed by atoms with E-state index in [1.54, 1.807) is 7.11 Å². The van der Waals surface area contributed by atoms with E-state index in [-0.39, 0.29) is 18.1 Å². The van der Waals surface area contributed by atoms with E-state index in [4.69, 9.17) is 16.3 Å². The summed E-state index contributed by atoms with van der Waals surface area (Å²) in [5, 5.41) is 5.75. The Hall–Kier alpha value is -0.650. The topological polar surface area (TPSA) is 51.2 Å². The smallest absolute Gasteiger partial charge is 0.227 e. The maximum absolute atomic E-state index is 11.8. The number of hydrogen-bond acceptors (Lipinski definition) is 4. The predicted octanol–water partition coefficient (Wildman–Crippen LogP) is 2.11. The molecule has 2 unspecified atom stereocenters. The van der Waals surface area contributed by atoms with Crippen LogP contribution >= 0.6 is 22.9 Å². The lowest BCUT2D eigenvalue weighted by Crippen LogP contribution is -2.34. The molecule has 1 fully saturated rings. The van der Waals surface area contributed by atoms with Crippen molar-refractivity contribution in [3.8, 4) is 0 Å². The second kappa shape index (κ2) is 6.50. The molecule has 1 amide bonds. The molecule has 1 aromatic heterocycles. The minimum absolute atomic E-state index is 0.0345. The van der Waals surface area contributed by atoms with Crippen molar-refractivity contribution in [2.45, 2.75) is 43.7 Å². The van der Waals surface area contributed by atoms with Crippen LogP contribution in [0.5, 0.6) is 0 Å². The van der Waals surface area contributed by atoms with Gasteiger partial charge in [0.05, 0.1) is 24.1 Å². The first-order valence-electron chi connectivity index (χ1n) is 6.02. The summed E-state index contributed by atoms with van der Waals surface area (Å²) in [6, 6.07) is 0.245. The van der Waals surface area contributed by atoms with E-state index in [0.29, 0.717) is 12.3 Å². The number of methoxy groups -OCH3 is 1. The first-order valence-corrected chi connectivity index (χ1v) is 7.44. The molecule has 1 aliphatic carbocycles. The fraction of sp³-hybridized carbons (Fsp3) is 0.667. The molecular formula is C12H17ClN2O2S. The number of thiazole rings is 1. The van der Waals surface area contributed by atoms with Crippen molar-refractivity contribution in [1.29, 1.82) is 0 Å². The summed E-state index contributed by atoms with van der Waals surface area (Å²) < 4.78 is 5.28. The zero-order valence-electron chi connectivity index (χ0n) is 10.3. The van der Waals surface area contributed by atoms with Gasteiger partial charge in [0, 0.05) is 18.5 Å². The van der Waals surface area contributed by atoms with Crippen molar-refractivity contribution >= 4 is 28.8 Å². The molecule has 4 nitrogen and oxygen atoms in total. The van der Waals surface area contributed by atoms with E-state index in [2.05, 4.69) is 10.3 Å². The molecule has 0 spiro atoms. The monoisotopic (exact) mass is 288 g/mol. The highest BCUT2D eigenvalue weighted by Crippen LogP contribution is 2.21. The van der Waals surface area contributed by atoms with Crippen LogP contribution in [-0.4, -0.2) is 30.1 Å². The van der Waals surface area contributed by atoms with Gasteiger partial charge in [-0.2, -0.15) is 0 Å². The van der Waals surface area contributed by atoms with Gasteiger partial charge >= 0.3 is 0 Å². The van der Waals surface area contributed by atoms with Gasteiger partial charge in [-0.15, -0.1) is 22.9 Å². The maximum atomic E-state index is 11.8. The minimum atomic E-state index is 0.0345. The van der Waals surface area contributed by atoms with E-state index in [0.717, 1.165) is 30.0 Å². The Bertz CT molecular complexity index is 411. The molecule has 1 aliphatic rings. The van der Waals surface area contributed by atoms with Crippen molar-refractivity contribution in [1.82, 2.24) is 10.3 Å². The predicted molar refractivity (Wildman–Crippen MR) is 72.0 cm³/mol. The van der Waals surface area contributed by atoms with E-state index >= 15 is 0 Å². The number of carbonyl (C=O) groups excluding carboxylic acids is 1. The number of alkyl halides is 1. The van der Waals surface area contributed by atoms with Gasteiger partial charge in [-0.1, -0.05) is 0 Å². The molecule has 0 radical (unpaired) electrons. The molecule has 2 atom stereocenters. The van der Waals surface area contributed by atoms with Crippen LogP contribution in [0.15, 0.2) is 5.38 Å². The fourth-order valence-corrected chi connectivity index (χ4v) is 3.21. The summed E-state index contributed by atoms with van der Waals surface area (Å²) in [6.07, 6.45) is 3.56. The maximum Gasteiger partial charge on any atom is 0.227 e. The lowest BCUT2D eigenvalue weighted by Gasteiger charge is -2.12. The zero-order valence-corrected chi connectivity index (χ0v) is 11.9. The Morgan fingerprint density at radius 1 is 1.67 bits per heavy atom. The summed E-state index contributed by atoms with van der Waals surface area (Å²) in [7, 11) is 1.72. The molecule has 2 rings (SSSR count). The molecule has 0 aliphatic heterocycles. The highest BCUT2D eigenvalue weighted by molar-refractivity contribution is 7.09. The number of ether oxygens (including phenoxy) is 1. The second-order valence-electron chi connectivity index (χ2n) is 4.48. The van der Waals surface area contributed by atoms with Crippen LogP contribution in [-0.2, 0) is 21.8 Å². The van der Waals surface area contributed by atoms with Crippen molar-refractivity contribution in [3.63, 3.8) is 0 Å². The fourth-order valence-electron chi connectivity index (χ4n) is 2.19. The van der Waals surface area contributed by atoms with Gasteiger partial charge in [-0.05, 0) is 19.3 Å². The van der Waals surface area contributed by atoms with Crippen molar-refractivity contribution < 1.29 is 9.53 Å². The van der Waals surface area contributed by atoms with Crippen molar-refractivity contribution in [3.05, 3.63) is 16.1 Å². The highest BCUT2D eigenvalue weighted by Gasteiger charge is 2.25. The number of rotatable bonds is 5. The molecule has 0 aromatic carbocycles. The molecule has 18 heavy (non-hydrogen) atoms. The summed E-state index contributed by atoms with van der Waals surface area (Å²) in [5.41, 5.74) is 0.838. The minimum Gasteiger partial charge on any atom is -0.381 e. The average molecular weight is 289 g/mol. The van der Waals surface area contributed by atoms with Crippen LogP contribution < -0.4 is 5.32 Å². The highest BCUT2D eigenvalue weighted by atomic mass is 35.5. The molecule has 6 heteroatoms. The van der Waals surface area contributed by atoms with Crippen LogP contribution in [0.4, 0.5) is 0 Å². The molecule has 0 bridgehead atoms. The molecular weight excluding hydrogens is 272 g/mol. The Kier molecular flexibility index (Phi) is 4.97. The average Bonchev–Trinajstić information content (AvgIpc) is 2.98. The first kappa shape index (κ1) is 13.8. The summed E-state index contributed by atoms with van der Waals surface area (Å²) >= 11 is 7.16. The quantitative estimate of drug-likeness (QED) is 0.844. The van der Waals surface area contributed by atoms with Gasteiger partial charge in [0.25, 0.3) is 0 Å². The van der Waals surface area contributed by atoms with Crippen LogP contribution in [0.2, 0.25) is 0 Å². The van der Waals surface area contributed by atoms with Gasteiger partial charge < -0.3 is 10.1 Å². The van der Waals surface area contributed by atoms with Gasteiger partial charge in [0.2, 0.25) is 5.91 Å². The van der Waals surface area contributed by atoms with Gasteiger partial charge in [-0.25, -0.2) is 4.98 Å². The third-order valence-corrected chi connectivity index (χ3v) is 4.30. The normalized spacial score (nSPS) is 23.2. The third kappa shape index (κ3) is 3.67. The molecule has 1 heterocycles. The van der Waals surface area contributed by atoms with Crippen LogP contribution in [0, 0.1) is 0 Å². The summed E-state index contributed by atoms with van der Waals surface area (Å²) in [4.78, 5) is 16.1. The molecule has 0 saturated heterocycles. The lowest BCUT2D eigenvalue weighted by molar-refractivity contribution is -0.121. The molecule has 1 N–H and O–H groups in total. The Labute approximate surface area is 116 Å². The standard InChI is InChI=1S/C12H17ClN2O2S/c1-17-10-3-2-8(4-10)14-11(16)5-12-15-9(6-13)7-18-12/h7-8,10H,2-6H2,1H3,(H,14,16). The van der Waals surface area contributed by atoms with E-state index in [9.17, 15) is 4.79 Å². The number of nitrogens with one attached hydrogen (secondary N) is 1. The Balaban J connectivity index is 1.78. The van der Waals surface area contributed by atoms with E-state index in [1.807, 2.05) is 5.38 Å². The van der Waals surface area contributed by atoms with Crippen LogP contribution in [0.1, 0.15) is 30.0 Å². The number of amides is 1. The number of aromatic nitrogens is 1. The van der Waals surface area contributed by atoms with Crippen molar-refractivity contribution in [2.24, 2.45) is 0 Å². The summed E-state index contributed by atoms with van der Waals surface area (Å²) in [6.45, 7) is 0. The first-order chi connectivity index (χ1) is 8.71. The number of halogens is 1. The van der Waals surface area contributed by atoms with Crippen LogP contribution in [0.3, 0.4) is 0 Å². The number of carbonyl (C=O) groups is 1. The van der Waals surface area contributed by atoms with Gasteiger partial charge in [-0.3, -0.25) is 4.79 Å². The number of hydrogen-bond donors (Lipinski definition) is 1. The second-order valence-corrected chi connectivity index (χ2v) is 5.69. The Morgan fingerprint density at radius 3 is 3.11 bits per heavy atom. The zero-order chi connectivity index (χ0) is 13.0. The van der Waals surface area contributed by atoms with E-state index in [1.165, 1.54) is 11.3 Å². The lowest BCUT2D eigenvalue weighted by atomic mass is 10.2. The van der Waals surface area contributed by atoms with Crippen LogP contribution in [0.25, 0.3) is 0 Å². The largest absolute Gasteiger partial charge is 0.381 e. The molecule has 1 saturated carbocycles. The third-order valence-electron chi connectivity index (χ3n) is 3.13. The molecule has 1 aromatic rings.